The monoisotopic (exact) mass is 357 g/mol. The highest BCUT2D eigenvalue weighted by atomic mass is 79.9. The van der Waals surface area contributed by atoms with Crippen LogP contribution in [0, 0.1) is 11.8 Å². The molecule has 2 rings (SSSR count). The summed E-state index contributed by atoms with van der Waals surface area (Å²) in [6, 6.07) is 3.69. The summed E-state index contributed by atoms with van der Waals surface area (Å²) in [5, 5.41) is 0. The number of thiophene rings is 1. The average molecular weight is 358 g/mol. The Balaban J connectivity index is 1.98. The van der Waals surface area contributed by atoms with Crippen LogP contribution >= 0.6 is 27.3 Å². The van der Waals surface area contributed by atoms with Gasteiger partial charge in [-0.1, -0.05) is 13.8 Å². The van der Waals surface area contributed by atoms with Crippen LogP contribution in [0.5, 0.6) is 0 Å². The van der Waals surface area contributed by atoms with Crippen molar-refractivity contribution < 1.29 is 9.59 Å². The Morgan fingerprint density at radius 3 is 2.80 bits per heavy atom. The lowest BCUT2D eigenvalue weighted by Gasteiger charge is -2.20. The van der Waals surface area contributed by atoms with E-state index in [1.54, 1.807) is 4.90 Å². The van der Waals surface area contributed by atoms with E-state index in [0.29, 0.717) is 29.7 Å². The fraction of sp³-hybridized carbons (Fsp3) is 0.600. The lowest BCUT2D eigenvalue weighted by atomic mass is 9.89. The van der Waals surface area contributed by atoms with E-state index in [9.17, 15) is 9.59 Å². The molecular formula is C15H20BrNO2S. The molecule has 0 bridgehead atoms. The topological polar surface area (TPSA) is 37.4 Å². The van der Waals surface area contributed by atoms with Gasteiger partial charge in [0.2, 0.25) is 5.91 Å². The zero-order valence-corrected chi connectivity index (χ0v) is 14.3. The number of halogens is 1. The molecule has 1 aliphatic rings. The third-order valence-corrected chi connectivity index (χ3v) is 5.64. The molecule has 1 fully saturated rings. The van der Waals surface area contributed by atoms with E-state index < -0.39 is 0 Å². The van der Waals surface area contributed by atoms with Crippen molar-refractivity contribution in [3.05, 3.63) is 20.8 Å². The normalized spacial score (nSPS) is 20.3. The molecule has 0 radical (unpaired) electrons. The molecule has 20 heavy (non-hydrogen) atoms. The Labute approximate surface area is 132 Å². The van der Waals surface area contributed by atoms with Crippen molar-refractivity contribution in [1.82, 2.24) is 4.90 Å². The second kappa shape index (κ2) is 6.85. The van der Waals surface area contributed by atoms with Crippen LogP contribution in [-0.2, 0) is 4.79 Å². The van der Waals surface area contributed by atoms with E-state index in [1.807, 2.05) is 12.1 Å². The number of rotatable bonds is 4. The molecule has 1 aromatic heterocycles. The maximum atomic E-state index is 12.2. The summed E-state index contributed by atoms with van der Waals surface area (Å²) in [4.78, 5) is 26.8. The third-order valence-electron chi connectivity index (χ3n) is 3.98. The standard InChI is InChI=1S/C15H20BrNO2S/c1-10(2)11-3-6-15(19)17(8-7-11)9-12(18)13-4-5-14(16)20-13/h4-5,10-11H,3,6-9H2,1-2H3. The van der Waals surface area contributed by atoms with Crippen molar-refractivity contribution in [1.29, 1.82) is 0 Å². The van der Waals surface area contributed by atoms with Crippen molar-refractivity contribution in [2.45, 2.75) is 33.1 Å². The van der Waals surface area contributed by atoms with Gasteiger partial charge in [-0.2, -0.15) is 0 Å². The molecule has 2 heterocycles. The zero-order chi connectivity index (χ0) is 14.7. The summed E-state index contributed by atoms with van der Waals surface area (Å²) in [5.74, 6) is 1.36. The van der Waals surface area contributed by atoms with Gasteiger partial charge in [0.05, 0.1) is 15.2 Å². The molecule has 1 saturated heterocycles. The quantitative estimate of drug-likeness (QED) is 0.764. The van der Waals surface area contributed by atoms with Gasteiger partial charge in [0.15, 0.2) is 5.78 Å². The minimum absolute atomic E-state index is 0.0389. The molecule has 1 aromatic rings. The SMILES string of the molecule is CC(C)C1CCC(=O)N(CC(=O)c2ccc(Br)s2)CC1. The first-order chi connectivity index (χ1) is 9.47. The molecular weight excluding hydrogens is 338 g/mol. The van der Waals surface area contributed by atoms with E-state index in [4.69, 9.17) is 0 Å². The molecule has 110 valence electrons. The maximum Gasteiger partial charge on any atom is 0.222 e. The summed E-state index contributed by atoms with van der Waals surface area (Å²) >= 11 is 4.79. The van der Waals surface area contributed by atoms with Crippen LogP contribution in [0.15, 0.2) is 15.9 Å². The molecule has 5 heteroatoms. The van der Waals surface area contributed by atoms with Crippen LogP contribution < -0.4 is 0 Å². The Kier molecular flexibility index (Phi) is 5.38. The molecule has 1 unspecified atom stereocenters. The number of amides is 1. The summed E-state index contributed by atoms with van der Waals surface area (Å²) in [5.41, 5.74) is 0. The molecule has 0 aromatic carbocycles. The Hall–Kier alpha value is -0.680. The van der Waals surface area contributed by atoms with E-state index in [2.05, 4.69) is 29.8 Å². The first-order valence-electron chi connectivity index (χ1n) is 7.03. The zero-order valence-electron chi connectivity index (χ0n) is 11.9. The highest BCUT2D eigenvalue weighted by Crippen LogP contribution is 2.26. The summed E-state index contributed by atoms with van der Waals surface area (Å²) in [6.45, 7) is 5.34. The van der Waals surface area contributed by atoms with Crippen LogP contribution in [-0.4, -0.2) is 29.7 Å². The van der Waals surface area contributed by atoms with Crippen molar-refractivity contribution >= 4 is 39.0 Å². The average Bonchev–Trinajstić information content (AvgIpc) is 2.74. The number of nitrogens with zero attached hydrogens (tertiary/aromatic N) is 1. The fourth-order valence-electron chi connectivity index (χ4n) is 2.61. The maximum absolute atomic E-state index is 12.2. The molecule has 0 aliphatic carbocycles. The lowest BCUT2D eigenvalue weighted by molar-refractivity contribution is -0.130. The number of hydrogen-bond donors (Lipinski definition) is 0. The van der Waals surface area contributed by atoms with E-state index >= 15 is 0 Å². The molecule has 0 spiro atoms. The van der Waals surface area contributed by atoms with Gasteiger partial charge in [-0.05, 0) is 52.7 Å². The van der Waals surface area contributed by atoms with Gasteiger partial charge in [-0.15, -0.1) is 11.3 Å². The number of ketones is 1. The van der Waals surface area contributed by atoms with E-state index in [-0.39, 0.29) is 18.2 Å². The van der Waals surface area contributed by atoms with Crippen molar-refractivity contribution in [3.63, 3.8) is 0 Å². The molecule has 1 aliphatic heterocycles. The minimum Gasteiger partial charge on any atom is -0.335 e. The first kappa shape index (κ1) is 15.7. The van der Waals surface area contributed by atoms with Gasteiger partial charge in [0.1, 0.15) is 0 Å². The van der Waals surface area contributed by atoms with Crippen LogP contribution in [0.1, 0.15) is 42.8 Å². The van der Waals surface area contributed by atoms with Crippen LogP contribution in [0.4, 0.5) is 0 Å². The molecule has 0 saturated carbocycles. The smallest absolute Gasteiger partial charge is 0.222 e. The number of carbonyl (C=O) groups is 2. The molecule has 3 nitrogen and oxygen atoms in total. The third kappa shape index (κ3) is 3.92. The minimum atomic E-state index is 0.0389. The van der Waals surface area contributed by atoms with Crippen LogP contribution in [0.3, 0.4) is 0 Å². The van der Waals surface area contributed by atoms with Gasteiger partial charge in [-0.3, -0.25) is 9.59 Å². The fourth-order valence-corrected chi connectivity index (χ4v) is 3.92. The number of carbonyl (C=O) groups excluding carboxylic acids is 2. The van der Waals surface area contributed by atoms with Crippen LogP contribution in [0.25, 0.3) is 0 Å². The number of Topliss-reactive ketones (excluding diaryl/α,β-unsaturated/α-hetero) is 1. The first-order valence-corrected chi connectivity index (χ1v) is 8.64. The van der Waals surface area contributed by atoms with Gasteiger partial charge in [-0.25, -0.2) is 0 Å². The van der Waals surface area contributed by atoms with E-state index in [1.165, 1.54) is 11.3 Å². The van der Waals surface area contributed by atoms with Gasteiger partial charge >= 0.3 is 0 Å². The second-order valence-electron chi connectivity index (χ2n) is 5.67. The van der Waals surface area contributed by atoms with Crippen molar-refractivity contribution in [3.8, 4) is 0 Å². The van der Waals surface area contributed by atoms with Gasteiger partial charge in [0.25, 0.3) is 0 Å². The predicted molar refractivity (Wildman–Crippen MR) is 85.1 cm³/mol. The van der Waals surface area contributed by atoms with Crippen molar-refractivity contribution in [2.24, 2.45) is 11.8 Å². The van der Waals surface area contributed by atoms with E-state index in [0.717, 1.165) is 16.6 Å². The largest absolute Gasteiger partial charge is 0.335 e. The molecule has 1 amide bonds. The predicted octanol–water partition coefficient (Wildman–Crippen LogP) is 3.98. The number of hydrogen-bond acceptors (Lipinski definition) is 3. The Bertz CT molecular complexity index is 498. The number of likely N-dealkylation sites (tertiary alicyclic amines) is 1. The summed E-state index contributed by atoms with van der Waals surface area (Å²) in [6.07, 6.45) is 2.53. The molecule has 1 atom stereocenters. The highest BCUT2D eigenvalue weighted by Gasteiger charge is 2.26. The van der Waals surface area contributed by atoms with Gasteiger partial charge < -0.3 is 4.90 Å². The Morgan fingerprint density at radius 1 is 1.45 bits per heavy atom. The highest BCUT2D eigenvalue weighted by molar-refractivity contribution is 9.11. The Morgan fingerprint density at radius 2 is 2.20 bits per heavy atom. The van der Waals surface area contributed by atoms with Crippen LogP contribution in [0.2, 0.25) is 0 Å². The van der Waals surface area contributed by atoms with Gasteiger partial charge in [0, 0.05) is 13.0 Å². The second-order valence-corrected chi connectivity index (χ2v) is 8.14. The summed E-state index contributed by atoms with van der Waals surface area (Å²) < 4.78 is 0.947. The molecule has 0 N–H and O–H groups in total. The lowest BCUT2D eigenvalue weighted by Crippen LogP contribution is -2.35. The van der Waals surface area contributed by atoms with Crippen molar-refractivity contribution in [2.75, 3.05) is 13.1 Å². The summed E-state index contributed by atoms with van der Waals surface area (Å²) in [7, 11) is 0.